The van der Waals surface area contributed by atoms with Crippen LogP contribution < -0.4 is 4.90 Å². The standard InChI is InChI=1S/C17H22N2O2/c20-10-4-6-14-5-3-9-19(14)17-16-8-2-1-7-15(16)13(12-21)11-18-17/h1-2,7-8,11,14,20-21H,3-6,9-10,12H2. The maximum absolute atomic E-state index is 9.48. The van der Waals surface area contributed by atoms with Gasteiger partial charge in [0.2, 0.25) is 0 Å². The van der Waals surface area contributed by atoms with Gasteiger partial charge >= 0.3 is 0 Å². The first-order chi connectivity index (χ1) is 10.3. The van der Waals surface area contributed by atoms with Gasteiger partial charge in [0.05, 0.1) is 6.61 Å². The molecule has 1 fully saturated rings. The van der Waals surface area contributed by atoms with E-state index in [-0.39, 0.29) is 13.2 Å². The van der Waals surface area contributed by atoms with E-state index in [1.54, 1.807) is 6.20 Å². The molecule has 21 heavy (non-hydrogen) atoms. The van der Waals surface area contributed by atoms with Crippen LogP contribution in [0.15, 0.2) is 30.5 Å². The van der Waals surface area contributed by atoms with Gasteiger partial charge in [-0.3, -0.25) is 0 Å². The van der Waals surface area contributed by atoms with E-state index in [1.165, 1.54) is 6.42 Å². The number of aliphatic hydroxyl groups excluding tert-OH is 2. The zero-order valence-electron chi connectivity index (χ0n) is 12.2. The fourth-order valence-corrected chi connectivity index (χ4v) is 3.33. The number of hydrogen-bond acceptors (Lipinski definition) is 4. The Morgan fingerprint density at radius 1 is 1.19 bits per heavy atom. The Morgan fingerprint density at radius 3 is 2.76 bits per heavy atom. The van der Waals surface area contributed by atoms with Crippen molar-refractivity contribution in [2.24, 2.45) is 0 Å². The van der Waals surface area contributed by atoms with E-state index in [4.69, 9.17) is 5.11 Å². The highest BCUT2D eigenvalue weighted by Gasteiger charge is 2.26. The number of fused-ring (bicyclic) bond motifs is 1. The third-order valence-corrected chi connectivity index (χ3v) is 4.37. The number of rotatable bonds is 5. The number of pyridine rings is 1. The minimum absolute atomic E-state index is 0.0156. The molecule has 0 saturated carbocycles. The summed E-state index contributed by atoms with van der Waals surface area (Å²) in [6.45, 7) is 1.29. The number of anilines is 1. The predicted octanol–water partition coefficient (Wildman–Crippen LogP) is 2.47. The summed E-state index contributed by atoms with van der Waals surface area (Å²) in [6.07, 6.45) is 5.98. The smallest absolute Gasteiger partial charge is 0.136 e. The lowest BCUT2D eigenvalue weighted by atomic mass is 10.1. The van der Waals surface area contributed by atoms with Crippen LogP contribution in [-0.4, -0.2) is 34.4 Å². The van der Waals surface area contributed by atoms with Crippen molar-refractivity contribution in [3.63, 3.8) is 0 Å². The Labute approximate surface area is 125 Å². The molecule has 112 valence electrons. The zero-order chi connectivity index (χ0) is 14.7. The predicted molar refractivity (Wildman–Crippen MR) is 84.4 cm³/mol. The molecule has 2 N–H and O–H groups in total. The summed E-state index contributed by atoms with van der Waals surface area (Å²) < 4.78 is 0. The molecule has 1 aliphatic rings. The molecular formula is C17H22N2O2. The third kappa shape index (κ3) is 2.74. The van der Waals surface area contributed by atoms with E-state index in [1.807, 2.05) is 18.2 Å². The summed E-state index contributed by atoms with van der Waals surface area (Å²) >= 11 is 0. The Balaban J connectivity index is 2.00. The summed E-state index contributed by atoms with van der Waals surface area (Å²) in [7, 11) is 0. The fraction of sp³-hybridized carbons (Fsp3) is 0.471. The van der Waals surface area contributed by atoms with Gasteiger partial charge in [0, 0.05) is 36.3 Å². The van der Waals surface area contributed by atoms with Gasteiger partial charge in [-0.1, -0.05) is 24.3 Å². The van der Waals surface area contributed by atoms with E-state index < -0.39 is 0 Å². The van der Waals surface area contributed by atoms with Crippen molar-refractivity contribution in [3.8, 4) is 0 Å². The van der Waals surface area contributed by atoms with Crippen LogP contribution in [0.5, 0.6) is 0 Å². The number of aromatic nitrogens is 1. The van der Waals surface area contributed by atoms with Crippen molar-refractivity contribution in [1.82, 2.24) is 4.98 Å². The van der Waals surface area contributed by atoms with Crippen molar-refractivity contribution >= 4 is 16.6 Å². The summed E-state index contributed by atoms with van der Waals surface area (Å²) in [5, 5.41) is 20.7. The molecule has 2 heterocycles. The van der Waals surface area contributed by atoms with Gasteiger partial charge < -0.3 is 15.1 Å². The van der Waals surface area contributed by atoms with Crippen LogP contribution >= 0.6 is 0 Å². The van der Waals surface area contributed by atoms with Crippen LogP contribution in [-0.2, 0) is 6.61 Å². The monoisotopic (exact) mass is 286 g/mol. The van der Waals surface area contributed by atoms with E-state index in [2.05, 4.69) is 16.0 Å². The second kappa shape index (κ2) is 6.41. The molecule has 0 amide bonds. The molecule has 1 aromatic carbocycles. The molecule has 4 nitrogen and oxygen atoms in total. The summed E-state index contributed by atoms with van der Waals surface area (Å²) in [6, 6.07) is 8.61. The molecular weight excluding hydrogens is 264 g/mol. The van der Waals surface area contributed by atoms with Crippen LogP contribution in [0, 0.1) is 0 Å². The second-order valence-electron chi connectivity index (χ2n) is 5.67. The molecule has 1 saturated heterocycles. The van der Waals surface area contributed by atoms with Crippen molar-refractivity contribution < 1.29 is 10.2 Å². The highest BCUT2D eigenvalue weighted by Crippen LogP contribution is 2.33. The molecule has 4 heteroatoms. The lowest BCUT2D eigenvalue weighted by Crippen LogP contribution is -2.30. The highest BCUT2D eigenvalue weighted by molar-refractivity contribution is 5.94. The highest BCUT2D eigenvalue weighted by atomic mass is 16.3. The molecule has 2 aromatic rings. The number of aliphatic hydroxyl groups is 2. The molecule has 1 atom stereocenters. The molecule has 0 bridgehead atoms. The quantitative estimate of drug-likeness (QED) is 0.886. The fourth-order valence-electron chi connectivity index (χ4n) is 3.33. The maximum atomic E-state index is 9.48. The van der Waals surface area contributed by atoms with Crippen molar-refractivity contribution in [2.75, 3.05) is 18.1 Å². The Morgan fingerprint density at radius 2 is 2.00 bits per heavy atom. The van der Waals surface area contributed by atoms with Crippen LogP contribution in [0.2, 0.25) is 0 Å². The number of benzene rings is 1. The molecule has 0 aliphatic carbocycles. The third-order valence-electron chi connectivity index (χ3n) is 4.37. The normalized spacial score (nSPS) is 18.6. The lowest BCUT2D eigenvalue weighted by Gasteiger charge is -2.27. The van der Waals surface area contributed by atoms with Gasteiger partial charge in [0.25, 0.3) is 0 Å². The van der Waals surface area contributed by atoms with Gasteiger partial charge in [0.15, 0.2) is 0 Å². The Hall–Kier alpha value is -1.65. The topological polar surface area (TPSA) is 56.6 Å². The SMILES string of the molecule is OCCCC1CCCN1c1ncc(CO)c2ccccc12. The molecule has 1 aromatic heterocycles. The Bertz CT molecular complexity index is 615. The van der Waals surface area contributed by atoms with Gasteiger partial charge in [-0.15, -0.1) is 0 Å². The summed E-state index contributed by atoms with van der Waals surface area (Å²) in [5.41, 5.74) is 0.875. The Kier molecular flexibility index (Phi) is 4.36. The average Bonchev–Trinajstić information content (AvgIpc) is 3.00. The van der Waals surface area contributed by atoms with Crippen molar-refractivity contribution in [1.29, 1.82) is 0 Å². The van der Waals surface area contributed by atoms with Gasteiger partial charge in [-0.05, 0) is 31.1 Å². The van der Waals surface area contributed by atoms with E-state index in [9.17, 15) is 5.11 Å². The molecule has 1 aliphatic heterocycles. The van der Waals surface area contributed by atoms with Crippen molar-refractivity contribution in [3.05, 3.63) is 36.0 Å². The first kappa shape index (κ1) is 14.3. The minimum atomic E-state index is 0.0156. The molecule has 1 unspecified atom stereocenters. The van der Waals surface area contributed by atoms with Crippen LogP contribution in [0.4, 0.5) is 5.82 Å². The lowest BCUT2D eigenvalue weighted by molar-refractivity contribution is 0.279. The summed E-state index contributed by atoms with van der Waals surface area (Å²) in [4.78, 5) is 7.00. The van der Waals surface area contributed by atoms with Gasteiger partial charge in [-0.25, -0.2) is 4.98 Å². The van der Waals surface area contributed by atoms with Crippen LogP contribution in [0.3, 0.4) is 0 Å². The van der Waals surface area contributed by atoms with Crippen LogP contribution in [0.1, 0.15) is 31.2 Å². The zero-order valence-corrected chi connectivity index (χ0v) is 12.2. The second-order valence-corrected chi connectivity index (χ2v) is 5.67. The molecule has 0 spiro atoms. The first-order valence-electron chi connectivity index (χ1n) is 7.70. The molecule has 0 radical (unpaired) electrons. The first-order valence-corrected chi connectivity index (χ1v) is 7.70. The average molecular weight is 286 g/mol. The van der Waals surface area contributed by atoms with E-state index >= 15 is 0 Å². The summed E-state index contributed by atoms with van der Waals surface area (Å²) in [5.74, 6) is 1.02. The number of hydrogen-bond donors (Lipinski definition) is 2. The van der Waals surface area contributed by atoms with E-state index in [0.717, 1.165) is 48.0 Å². The van der Waals surface area contributed by atoms with Crippen LogP contribution in [0.25, 0.3) is 10.8 Å². The van der Waals surface area contributed by atoms with Crippen molar-refractivity contribution in [2.45, 2.75) is 38.3 Å². The maximum Gasteiger partial charge on any atom is 0.136 e. The molecule has 3 rings (SSSR count). The van der Waals surface area contributed by atoms with Gasteiger partial charge in [0.1, 0.15) is 5.82 Å². The van der Waals surface area contributed by atoms with E-state index in [0.29, 0.717) is 6.04 Å². The van der Waals surface area contributed by atoms with Gasteiger partial charge in [-0.2, -0.15) is 0 Å². The number of nitrogens with zero attached hydrogens (tertiary/aromatic N) is 2. The largest absolute Gasteiger partial charge is 0.396 e. The minimum Gasteiger partial charge on any atom is -0.396 e.